The van der Waals surface area contributed by atoms with Crippen LogP contribution in [0.5, 0.6) is 0 Å². The molecule has 0 saturated carbocycles. The van der Waals surface area contributed by atoms with E-state index in [1.807, 2.05) is 13.8 Å². The molecule has 0 radical (unpaired) electrons. The van der Waals surface area contributed by atoms with Crippen LogP contribution in [0.1, 0.15) is 36.2 Å². The minimum atomic E-state index is -1.21. The molecule has 0 fully saturated rings. The molecule has 0 aromatic heterocycles. The average Bonchev–Trinajstić information content (AvgIpc) is 2.36. The zero-order chi connectivity index (χ0) is 14.6. The molecule has 0 saturated heterocycles. The highest BCUT2D eigenvalue weighted by Crippen LogP contribution is 2.18. The number of rotatable bonds is 6. The van der Waals surface area contributed by atoms with Gasteiger partial charge in [0.15, 0.2) is 0 Å². The average molecular weight is 284 g/mol. The topological polar surface area (TPSA) is 63.6 Å². The second-order valence-corrected chi connectivity index (χ2v) is 6.62. The van der Waals surface area contributed by atoms with E-state index in [1.165, 1.54) is 6.07 Å². The highest BCUT2D eigenvalue weighted by molar-refractivity contribution is 7.85. The molecule has 106 valence electrons. The molecule has 1 atom stereocenters. The minimum absolute atomic E-state index is 0.205. The van der Waals surface area contributed by atoms with E-state index in [2.05, 4.69) is 0 Å². The van der Waals surface area contributed by atoms with E-state index in [4.69, 9.17) is 9.84 Å². The summed E-state index contributed by atoms with van der Waals surface area (Å²) in [7, 11) is 0.412. The molecule has 0 aliphatic rings. The molecule has 1 rings (SSSR count). The van der Waals surface area contributed by atoms with Gasteiger partial charge in [-0.15, -0.1) is 0 Å². The van der Waals surface area contributed by atoms with Crippen molar-refractivity contribution in [2.75, 3.05) is 12.9 Å². The number of hydrogen-bond donors (Lipinski definition) is 1. The highest BCUT2D eigenvalue weighted by atomic mass is 32.2. The Morgan fingerprint density at radius 3 is 2.58 bits per heavy atom. The fraction of sp³-hybridized carbons (Fsp3) is 0.500. The first-order valence-corrected chi connectivity index (χ1v) is 7.36. The fourth-order valence-electron chi connectivity index (χ4n) is 1.53. The predicted octanol–water partition coefficient (Wildman–Crippen LogP) is 2.62. The Hall–Kier alpha value is -1.20. The molecule has 0 aliphatic heterocycles. The Morgan fingerprint density at radius 2 is 2.05 bits per heavy atom. The van der Waals surface area contributed by atoms with Crippen molar-refractivity contribution in [2.45, 2.75) is 37.7 Å². The van der Waals surface area contributed by atoms with Crippen LogP contribution in [0.25, 0.3) is 0 Å². The molecule has 0 heterocycles. The lowest BCUT2D eigenvalue weighted by molar-refractivity contribution is 0.0205. The predicted molar refractivity (Wildman–Crippen MR) is 75.1 cm³/mol. The van der Waals surface area contributed by atoms with Crippen LogP contribution >= 0.6 is 0 Å². The van der Waals surface area contributed by atoms with Crippen molar-refractivity contribution in [3.63, 3.8) is 0 Å². The quantitative estimate of drug-likeness (QED) is 0.872. The third-order valence-electron chi connectivity index (χ3n) is 3.14. The van der Waals surface area contributed by atoms with Crippen LogP contribution in [0.3, 0.4) is 0 Å². The standard InChI is InChI=1S/C14H20O4S/c1-10-5-6-11(9-12(10)13(15)16)19(17)8-7-14(2,3)18-4/h5-6,9H,7-8H2,1-4H3,(H,15,16). The monoisotopic (exact) mass is 284 g/mol. The fourth-order valence-corrected chi connectivity index (χ4v) is 2.91. The summed E-state index contributed by atoms with van der Waals surface area (Å²) in [6.07, 6.45) is 0.645. The zero-order valence-electron chi connectivity index (χ0n) is 11.7. The first-order chi connectivity index (χ1) is 8.76. The number of carboxylic acids is 1. The third-order valence-corrected chi connectivity index (χ3v) is 4.50. The van der Waals surface area contributed by atoms with Gasteiger partial charge in [-0.1, -0.05) is 6.07 Å². The molecule has 5 heteroatoms. The van der Waals surface area contributed by atoms with Crippen LogP contribution < -0.4 is 0 Å². The van der Waals surface area contributed by atoms with Crippen molar-refractivity contribution in [3.8, 4) is 0 Å². The third kappa shape index (κ3) is 4.44. The summed E-state index contributed by atoms with van der Waals surface area (Å²) in [4.78, 5) is 11.6. The van der Waals surface area contributed by atoms with Gasteiger partial charge >= 0.3 is 5.97 Å². The van der Waals surface area contributed by atoms with Gasteiger partial charge in [0.25, 0.3) is 0 Å². The molecular weight excluding hydrogens is 264 g/mol. The molecule has 0 aliphatic carbocycles. The Kier molecular flexibility index (Phi) is 5.26. The first-order valence-electron chi connectivity index (χ1n) is 6.04. The smallest absolute Gasteiger partial charge is 0.335 e. The summed E-state index contributed by atoms with van der Waals surface area (Å²) in [5.41, 5.74) is 0.554. The van der Waals surface area contributed by atoms with Gasteiger partial charge in [-0.3, -0.25) is 4.21 Å². The number of methoxy groups -OCH3 is 1. The van der Waals surface area contributed by atoms with Gasteiger partial charge < -0.3 is 9.84 Å². The normalized spacial score (nSPS) is 13.3. The summed E-state index contributed by atoms with van der Waals surface area (Å²) >= 11 is 0. The number of aromatic carboxylic acids is 1. The zero-order valence-corrected chi connectivity index (χ0v) is 12.5. The van der Waals surface area contributed by atoms with Gasteiger partial charge in [0, 0.05) is 17.8 Å². The molecule has 1 aromatic rings. The Morgan fingerprint density at radius 1 is 1.42 bits per heavy atom. The van der Waals surface area contributed by atoms with E-state index in [1.54, 1.807) is 26.2 Å². The van der Waals surface area contributed by atoms with E-state index < -0.39 is 16.8 Å². The van der Waals surface area contributed by atoms with Crippen LogP contribution in [-0.4, -0.2) is 33.7 Å². The highest BCUT2D eigenvalue weighted by Gasteiger charge is 2.19. The lowest BCUT2D eigenvalue weighted by Gasteiger charge is -2.22. The number of hydrogen-bond acceptors (Lipinski definition) is 3. The molecule has 1 N–H and O–H groups in total. The molecule has 1 aromatic carbocycles. The molecule has 19 heavy (non-hydrogen) atoms. The Labute approximate surface area is 116 Å². The van der Waals surface area contributed by atoms with Crippen LogP contribution in [0.2, 0.25) is 0 Å². The minimum Gasteiger partial charge on any atom is -0.478 e. The number of aryl methyl sites for hydroxylation is 1. The lowest BCUT2D eigenvalue weighted by Crippen LogP contribution is -2.24. The summed E-state index contributed by atoms with van der Waals surface area (Å²) < 4.78 is 17.4. The van der Waals surface area contributed by atoms with E-state index in [0.717, 1.165) is 0 Å². The second kappa shape index (κ2) is 6.30. The second-order valence-electron chi connectivity index (χ2n) is 5.05. The summed E-state index contributed by atoms with van der Waals surface area (Å²) in [5.74, 6) is -0.545. The van der Waals surface area contributed by atoms with Gasteiger partial charge in [0.05, 0.1) is 22.0 Å². The molecular formula is C14H20O4S. The first kappa shape index (κ1) is 15.9. The summed E-state index contributed by atoms with van der Waals surface area (Å²) in [6, 6.07) is 4.91. The summed E-state index contributed by atoms with van der Waals surface area (Å²) in [6.45, 7) is 5.59. The van der Waals surface area contributed by atoms with Crippen LogP contribution in [0, 0.1) is 6.92 Å². The van der Waals surface area contributed by atoms with Crippen molar-refractivity contribution < 1.29 is 18.8 Å². The van der Waals surface area contributed by atoms with Crippen molar-refractivity contribution in [1.29, 1.82) is 0 Å². The molecule has 1 unspecified atom stereocenters. The molecule has 0 bridgehead atoms. The Balaban J connectivity index is 2.84. The van der Waals surface area contributed by atoms with Gasteiger partial charge in [0.2, 0.25) is 0 Å². The van der Waals surface area contributed by atoms with Gasteiger partial charge in [-0.2, -0.15) is 0 Å². The molecule has 0 amide bonds. The summed E-state index contributed by atoms with van der Waals surface area (Å²) in [5, 5.41) is 9.05. The van der Waals surface area contributed by atoms with E-state index >= 15 is 0 Å². The van der Waals surface area contributed by atoms with Crippen molar-refractivity contribution in [2.24, 2.45) is 0 Å². The van der Waals surface area contributed by atoms with Gasteiger partial charge in [0.1, 0.15) is 0 Å². The van der Waals surface area contributed by atoms with E-state index in [0.29, 0.717) is 22.6 Å². The van der Waals surface area contributed by atoms with Crippen molar-refractivity contribution in [1.82, 2.24) is 0 Å². The van der Waals surface area contributed by atoms with E-state index in [-0.39, 0.29) is 11.2 Å². The lowest BCUT2D eigenvalue weighted by atomic mass is 10.1. The van der Waals surface area contributed by atoms with Crippen LogP contribution in [-0.2, 0) is 15.5 Å². The van der Waals surface area contributed by atoms with Gasteiger partial charge in [-0.05, 0) is 44.9 Å². The number of benzene rings is 1. The van der Waals surface area contributed by atoms with Crippen molar-refractivity contribution >= 4 is 16.8 Å². The van der Waals surface area contributed by atoms with Gasteiger partial charge in [-0.25, -0.2) is 4.79 Å². The molecule has 0 spiro atoms. The SMILES string of the molecule is COC(C)(C)CCS(=O)c1ccc(C)c(C(=O)O)c1. The number of carbonyl (C=O) groups is 1. The van der Waals surface area contributed by atoms with Crippen LogP contribution in [0.4, 0.5) is 0 Å². The number of ether oxygens (including phenoxy) is 1. The maximum absolute atomic E-state index is 12.2. The van der Waals surface area contributed by atoms with Crippen molar-refractivity contribution in [3.05, 3.63) is 29.3 Å². The van der Waals surface area contributed by atoms with Crippen LogP contribution in [0.15, 0.2) is 23.1 Å². The number of carboxylic acid groups (broad SMARTS) is 1. The Bertz CT molecular complexity index is 494. The van der Waals surface area contributed by atoms with E-state index in [9.17, 15) is 9.00 Å². The largest absolute Gasteiger partial charge is 0.478 e. The maximum Gasteiger partial charge on any atom is 0.335 e. The maximum atomic E-state index is 12.2. The molecule has 4 nitrogen and oxygen atoms in total.